The number of rotatable bonds is 4. The molecular formula is C15H17N5OS. The molecule has 3 rings (SSSR count). The Kier molecular flexibility index (Phi) is 3.91. The molecule has 2 N–H and O–H groups in total. The standard InChI is InChI=1S/C15H17N5OS/c1-9-10(2)22-15(17-9)20-14(12(8-16)18-19-20)11-6-4-5-7-13(11)21-3/h4-7H,8,16H2,1-3H3. The quantitative estimate of drug-likeness (QED) is 0.800. The number of nitrogens with zero attached hydrogens (tertiary/aromatic N) is 4. The van der Waals surface area contributed by atoms with Crippen LogP contribution in [0.4, 0.5) is 0 Å². The van der Waals surface area contributed by atoms with Crippen LogP contribution in [0.5, 0.6) is 5.75 Å². The summed E-state index contributed by atoms with van der Waals surface area (Å²) in [7, 11) is 1.65. The summed E-state index contributed by atoms with van der Waals surface area (Å²) in [5, 5.41) is 9.22. The van der Waals surface area contributed by atoms with Gasteiger partial charge < -0.3 is 10.5 Å². The van der Waals surface area contributed by atoms with Gasteiger partial charge in [0.2, 0.25) is 5.13 Å². The van der Waals surface area contributed by atoms with E-state index in [-0.39, 0.29) is 0 Å². The van der Waals surface area contributed by atoms with Crippen molar-refractivity contribution in [1.29, 1.82) is 0 Å². The zero-order valence-corrected chi connectivity index (χ0v) is 13.5. The Hall–Kier alpha value is -2.25. The summed E-state index contributed by atoms with van der Waals surface area (Å²) >= 11 is 1.58. The number of para-hydroxylation sites is 1. The Balaban J connectivity index is 2.24. The number of ether oxygens (including phenoxy) is 1. The molecule has 22 heavy (non-hydrogen) atoms. The van der Waals surface area contributed by atoms with E-state index in [1.807, 2.05) is 38.1 Å². The Morgan fingerprint density at radius 2 is 2.05 bits per heavy atom. The van der Waals surface area contributed by atoms with Gasteiger partial charge in [-0.05, 0) is 26.0 Å². The van der Waals surface area contributed by atoms with Gasteiger partial charge in [-0.3, -0.25) is 0 Å². The fourth-order valence-electron chi connectivity index (χ4n) is 2.24. The predicted octanol–water partition coefficient (Wildman–Crippen LogP) is 2.47. The molecule has 0 unspecified atom stereocenters. The van der Waals surface area contributed by atoms with Gasteiger partial charge in [-0.1, -0.05) is 28.7 Å². The fraction of sp³-hybridized carbons (Fsp3) is 0.267. The summed E-state index contributed by atoms with van der Waals surface area (Å²) in [4.78, 5) is 5.73. The average molecular weight is 315 g/mol. The highest BCUT2D eigenvalue weighted by Gasteiger charge is 2.20. The molecule has 2 aromatic heterocycles. The van der Waals surface area contributed by atoms with Gasteiger partial charge in [-0.15, -0.1) is 5.10 Å². The topological polar surface area (TPSA) is 78.9 Å². The van der Waals surface area contributed by atoms with Crippen molar-refractivity contribution in [3.05, 3.63) is 40.5 Å². The highest BCUT2D eigenvalue weighted by molar-refractivity contribution is 7.14. The van der Waals surface area contributed by atoms with Gasteiger partial charge in [0, 0.05) is 17.0 Å². The van der Waals surface area contributed by atoms with Gasteiger partial charge in [-0.2, -0.15) is 4.68 Å². The normalized spacial score (nSPS) is 10.9. The second-order valence-electron chi connectivity index (χ2n) is 4.84. The van der Waals surface area contributed by atoms with Crippen molar-refractivity contribution in [3.8, 4) is 22.1 Å². The molecule has 6 nitrogen and oxygen atoms in total. The van der Waals surface area contributed by atoms with E-state index in [9.17, 15) is 0 Å². The molecule has 1 aromatic carbocycles. The van der Waals surface area contributed by atoms with E-state index in [4.69, 9.17) is 10.5 Å². The monoisotopic (exact) mass is 315 g/mol. The summed E-state index contributed by atoms with van der Waals surface area (Å²) in [5.74, 6) is 0.755. The lowest BCUT2D eigenvalue weighted by Crippen LogP contribution is -2.03. The molecule has 0 aliphatic rings. The first-order valence-electron chi connectivity index (χ1n) is 6.88. The minimum absolute atomic E-state index is 0.302. The molecule has 0 aliphatic carbocycles. The predicted molar refractivity (Wildman–Crippen MR) is 86.4 cm³/mol. The first kappa shape index (κ1) is 14.7. The summed E-state index contributed by atoms with van der Waals surface area (Å²) in [6, 6.07) is 7.76. The third-order valence-electron chi connectivity index (χ3n) is 3.49. The van der Waals surface area contributed by atoms with E-state index >= 15 is 0 Å². The SMILES string of the molecule is COc1ccccc1-c1c(CN)nnn1-c1nc(C)c(C)s1. The first-order valence-corrected chi connectivity index (χ1v) is 7.69. The van der Waals surface area contributed by atoms with Gasteiger partial charge in [0.05, 0.1) is 12.8 Å². The zero-order chi connectivity index (χ0) is 15.7. The molecule has 0 aliphatic heterocycles. The van der Waals surface area contributed by atoms with E-state index in [1.165, 1.54) is 0 Å². The van der Waals surface area contributed by atoms with Crippen LogP contribution in [0, 0.1) is 13.8 Å². The van der Waals surface area contributed by atoms with Crippen molar-refractivity contribution in [2.45, 2.75) is 20.4 Å². The molecule has 0 saturated carbocycles. The molecule has 7 heteroatoms. The summed E-state index contributed by atoms with van der Waals surface area (Å²) < 4.78 is 7.20. The highest BCUT2D eigenvalue weighted by Crippen LogP contribution is 2.33. The second kappa shape index (κ2) is 5.86. The van der Waals surface area contributed by atoms with Gasteiger partial charge in [-0.25, -0.2) is 4.98 Å². The van der Waals surface area contributed by atoms with Crippen LogP contribution in [0.3, 0.4) is 0 Å². The van der Waals surface area contributed by atoms with E-state index in [2.05, 4.69) is 15.3 Å². The molecule has 114 valence electrons. The Morgan fingerprint density at radius 3 is 2.68 bits per heavy atom. The maximum Gasteiger partial charge on any atom is 0.212 e. The Labute approximate surface area is 132 Å². The van der Waals surface area contributed by atoms with Crippen molar-refractivity contribution < 1.29 is 4.74 Å². The smallest absolute Gasteiger partial charge is 0.212 e. The van der Waals surface area contributed by atoms with E-state index in [0.29, 0.717) is 6.54 Å². The number of hydrogen-bond donors (Lipinski definition) is 1. The fourth-order valence-corrected chi connectivity index (χ4v) is 3.10. The van der Waals surface area contributed by atoms with Crippen molar-refractivity contribution in [2.75, 3.05) is 7.11 Å². The number of nitrogens with two attached hydrogens (primary N) is 1. The first-order chi connectivity index (χ1) is 10.7. The average Bonchev–Trinajstić information content (AvgIpc) is 3.10. The number of methoxy groups -OCH3 is 1. The van der Waals surface area contributed by atoms with Gasteiger partial charge in [0.1, 0.15) is 17.1 Å². The van der Waals surface area contributed by atoms with Crippen LogP contribution in [0.2, 0.25) is 0 Å². The molecule has 0 saturated heterocycles. The summed E-state index contributed by atoms with van der Waals surface area (Å²) in [5.41, 5.74) is 9.28. The molecule has 0 spiro atoms. The second-order valence-corrected chi connectivity index (χ2v) is 6.02. The van der Waals surface area contributed by atoms with Crippen molar-refractivity contribution >= 4 is 11.3 Å². The lowest BCUT2D eigenvalue weighted by atomic mass is 10.1. The molecule has 0 atom stereocenters. The molecule has 0 fully saturated rings. The summed E-state index contributed by atoms with van der Waals surface area (Å²) in [6.07, 6.45) is 0. The third kappa shape index (κ3) is 2.38. The highest BCUT2D eigenvalue weighted by atomic mass is 32.1. The van der Waals surface area contributed by atoms with Crippen molar-refractivity contribution in [3.63, 3.8) is 0 Å². The number of aryl methyl sites for hydroxylation is 2. The zero-order valence-electron chi connectivity index (χ0n) is 12.7. The molecule has 2 heterocycles. The minimum Gasteiger partial charge on any atom is -0.496 e. The van der Waals surface area contributed by atoms with E-state index < -0.39 is 0 Å². The van der Waals surface area contributed by atoms with E-state index in [1.54, 1.807) is 23.1 Å². The number of thiazole rings is 1. The van der Waals surface area contributed by atoms with Crippen LogP contribution in [-0.4, -0.2) is 27.1 Å². The molecular weight excluding hydrogens is 298 g/mol. The van der Waals surface area contributed by atoms with Crippen LogP contribution in [0.25, 0.3) is 16.4 Å². The Bertz CT molecular complexity index is 789. The molecule has 0 amide bonds. The molecule has 3 aromatic rings. The van der Waals surface area contributed by atoms with E-state index in [0.717, 1.165) is 38.4 Å². The maximum atomic E-state index is 5.83. The molecule has 0 radical (unpaired) electrons. The van der Waals surface area contributed by atoms with Crippen LogP contribution >= 0.6 is 11.3 Å². The van der Waals surface area contributed by atoms with Gasteiger partial charge in [0.15, 0.2) is 0 Å². The number of aromatic nitrogens is 4. The lowest BCUT2D eigenvalue weighted by molar-refractivity contribution is 0.416. The number of benzene rings is 1. The number of hydrogen-bond acceptors (Lipinski definition) is 6. The third-order valence-corrected chi connectivity index (χ3v) is 4.54. The Morgan fingerprint density at radius 1 is 1.27 bits per heavy atom. The maximum absolute atomic E-state index is 5.83. The largest absolute Gasteiger partial charge is 0.496 e. The van der Waals surface area contributed by atoms with Crippen LogP contribution in [0.15, 0.2) is 24.3 Å². The van der Waals surface area contributed by atoms with Gasteiger partial charge in [0.25, 0.3) is 0 Å². The van der Waals surface area contributed by atoms with Gasteiger partial charge >= 0.3 is 0 Å². The van der Waals surface area contributed by atoms with Crippen LogP contribution in [-0.2, 0) is 6.54 Å². The van der Waals surface area contributed by atoms with Crippen LogP contribution in [0.1, 0.15) is 16.3 Å². The molecule has 0 bridgehead atoms. The minimum atomic E-state index is 0.302. The van der Waals surface area contributed by atoms with Crippen molar-refractivity contribution in [1.82, 2.24) is 20.0 Å². The summed E-state index contributed by atoms with van der Waals surface area (Å²) in [6.45, 7) is 4.33. The van der Waals surface area contributed by atoms with Crippen LogP contribution < -0.4 is 10.5 Å². The lowest BCUT2D eigenvalue weighted by Gasteiger charge is -2.10. The van der Waals surface area contributed by atoms with Crippen molar-refractivity contribution in [2.24, 2.45) is 5.73 Å².